The van der Waals surface area contributed by atoms with Gasteiger partial charge in [-0.3, -0.25) is 4.79 Å². The van der Waals surface area contributed by atoms with Gasteiger partial charge in [-0.2, -0.15) is 0 Å². The highest BCUT2D eigenvalue weighted by Gasteiger charge is 2.21. The molecule has 4 nitrogen and oxygen atoms in total. The van der Waals surface area contributed by atoms with Gasteiger partial charge in [-0.15, -0.1) is 0 Å². The van der Waals surface area contributed by atoms with Gasteiger partial charge in [0.25, 0.3) is 0 Å². The maximum Gasteiger partial charge on any atom is 0.308 e. The number of aliphatic carboxylic acids is 1. The molecule has 2 aromatic rings. The number of anilines is 1. The van der Waals surface area contributed by atoms with Gasteiger partial charge in [0.2, 0.25) is 0 Å². The molecule has 20 heavy (non-hydrogen) atoms. The lowest BCUT2D eigenvalue weighted by molar-refractivity contribution is -0.142. The molecule has 1 aromatic carbocycles. The summed E-state index contributed by atoms with van der Waals surface area (Å²) < 4.78 is 0. The lowest BCUT2D eigenvalue weighted by Gasteiger charge is -2.18. The lowest BCUT2D eigenvalue weighted by Crippen LogP contribution is -2.28. The zero-order valence-corrected chi connectivity index (χ0v) is 12.1. The Hall–Kier alpha value is -2.10. The van der Waals surface area contributed by atoms with Crippen LogP contribution in [0.2, 0.25) is 0 Å². The summed E-state index contributed by atoms with van der Waals surface area (Å²) in [6.07, 6.45) is 0. The summed E-state index contributed by atoms with van der Waals surface area (Å²) in [7, 11) is 0. The number of hydrogen-bond acceptors (Lipinski definition) is 3. The molecule has 0 fully saturated rings. The van der Waals surface area contributed by atoms with Crippen LogP contribution in [0.3, 0.4) is 0 Å². The van der Waals surface area contributed by atoms with Gasteiger partial charge in [0.1, 0.15) is 5.82 Å². The first kappa shape index (κ1) is 14.3. The Morgan fingerprint density at radius 3 is 2.70 bits per heavy atom. The lowest BCUT2D eigenvalue weighted by atomic mass is 9.96. The summed E-state index contributed by atoms with van der Waals surface area (Å²) in [6.45, 7) is 6.20. The van der Waals surface area contributed by atoms with Gasteiger partial charge in [0, 0.05) is 11.9 Å². The quantitative estimate of drug-likeness (QED) is 0.876. The van der Waals surface area contributed by atoms with E-state index in [9.17, 15) is 9.90 Å². The number of carbonyl (C=O) groups is 1. The second-order valence-electron chi connectivity index (χ2n) is 5.42. The van der Waals surface area contributed by atoms with Crippen molar-refractivity contribution in [2.24, 2.45) is 11.8 Å². The molecule has 0 saturated carbocycles. The first-order valence-electron chi connectivity index (χ1n) is 6.82. The maximum absolute atomic E-state index is 11.2. The normalized spacial score (nSPS) is 12.6. The van der Waals surface area contributed by atoms with Crippen LogP contribution in [0.15, 0.2) is 30.3 Å². The summed E-state index contributed by atoms with van der Waals surface area (Å²) in [5, 5.41) is 13.5. The molecule has 1 aromatic heterocycles. The molecule has 0 bridgehead atoms. The zero-order valence-electron chi connectivity index (χ0n) is 12.1. The van der Waals surface area contributed by atoms with Gasteiger partial charge in [-0.1, -0.05) is 32.0 Å². The van der Waals surface area contributed by atoms with Gasteiger partial charge in [0.15, 0.2) is 0 Å². The van der Waals surface area contributed by atoms with Crippen LogP contribution in [0, 0.1) is 18.8 Å². The molecular formula is C16H20N2O2. The second kappa shape index (κ2) is 5.90. The topological polar surface area (TPSA) is 62.2 Å². The monoisotopic (exact) mass is 272 g/mol. The fraction of sp³-hybridized carbons (Fsp3) is 0.375. The molecule has 1 heterocycles. The highest BCUT2D eigenvalue weighted by molar-refractivity contribution is 5.81. The third kappa shape index (κ3) is 3.07. The Labute approximate surface area is 118 Å². The third-order valence-electron chi connectivity index (χ3n) is 3.53. The van der Waals surface area contributed by atoms with E-state index < -0.39 is 11.9 Å². The summed E-state index contributed by atoms with van der Waals surface area (Å²) in [5.41, 5.74) is 1.94. The van der Waals surface area contributed by atoms with E-state index >= 15 is 0 Å². The number of nitrogens with one attached hydrogen (secondary N) is 1. The molecule has 0 amide bonds. The molecule has 0 aliphatic carbocycles. The Morgan fingerprint density at radius 2 is 2.05 bits per heavy atom. The van der Waals surface area contributed by atoms with Crippen LogP contribution < -0.4 is 5.32 Å². The molecule has 0 aliphatic rings. The van der Waals surface area contributed by atoms with Crippen molar-refractivity contribution in [3.63, 3.8) is 0 Å². The van der Waals surface area contributed by atoms with Crippen LogP contribution in [-0.2, 0) is 4.79 Å². The highest BCUT2D eigenvalue weighted by Crippen LogP contribution is 2.20. The Bertz CT molecular complexity index is 623. The van der Waals surface area contributed by atoms with Crippen molar-refractivity contribution >= 4 is 22.7 Å². The SMILES string of the molecule is Cc1cc2ccccc2nc1NCC(C(=O)O)C(C)C. The van der Waals surface area contributed by atoms with Crippen LogP contribution in [0.5, 0.6) is 0 Å². The van der Waals surface area contributed by atoms with Gasteiger partial charge in [0.05, 0.1) is 11.4 Å². The smallest absolute Gasteiger partial charge is 0.308 e. The zero-order chi connectivity index (χ0) is 14.7. The van der Waals surface area contributed by atoms with Gasteiger partial charge in [-0.25, -0.2) is 4.98 Å². The standard InChI is InChI=1S/C16H20N2O2/c1-10(2)13(16(19)20)9-17-15-11(3)8-12-6-4-5-7-14(12)18-15/h4-8,10,13H,9H2,1-3H3,(H,17,18)(H,19,20). The summed E-state index contributed by atoms with van der Waals surface area (Å²) in [5.74, 6) is -0.343. The number of fused-ring (bicyclic) bond motifs is 1. The average Bonchev–Trinajstić information content (AvgIpc) is 2.38. The largest absolute Gasteiger partial charge is 0.481 e. The first-order chi connectivity index (χ1) is 9.49. The predicted molar refractivity (Wildman–Crippen MR) is 80.9 cm³/mol. The molecular weight excluding hydrogens is 252 g/mol. The van der Waals surface area contributed by atoms with E-state index in [1.165, 1.54) is 0 Å². The number of pyridine rings is 1. The number of nitrogens with zero attached hydrogens (tertiary/aromatic N) is 1. The molecule has 0 spiro atoms. The molecule has 2 rings (SSSR count). The number of hydrogen-bond donors (Lipinski definition) is 2. The van der Waals surface area contributed by atoms with Crippen molar-refractivity contribution in [2.75, 3.05) is 11.9 Å². The van der Waals surface area contributed by atoms with Gasteiger partial charge >= 0.3 is 5.97 Å². The van der Waals surface area contributed by atoms with Gasteiger partial charge in [-0.05, 0) is 30.5 Å². The van der Waals surface area contributed by atoms with E-state index in [-0.39, 0.29) is 5.92 Å². The molecule has 1 atom stereocenters. The highest BCUT2D eigenvalue weighted by atomic mass is 16.4. The van der Waals surface area contributed by atoms with Gasteiger partial charge < -0.3 is 10.4 Å². The molecule has 2 N–H and O–H groups in total. The van der Waals surface area contributed by atoms with Crippen LogP contribution in [0.25, 0.3) is 10.9 Å². The predicted octanol–water partition coefficient (Wildman–Crippen LogP) is 3.31. The minimum atomic E-state index is -0.772. The molecule has 1 unspecified atom stereocenters. The third-order valence-corrected chi connectivity index (χ3v) is 3.53. The molecule has 0 radical (unpaired) electrons. The van der Waals surface area contributed by atoms with Crippen molar-refractivity contribution in [3.8, 4) is 0 Å². The number of rotatable bonds is 5. The maximum atomic E-state index is 11.2. The molecule has 4 heteroatoms. The fourth-order valence-corrected chi connectivity index (χ4v) is 2.22. The fourth-order valence-electron chi connectivity index (χ4n) is 2.22. The van der Waals surface area contributed by atoms with E-state index in [0.717, 1.165) is 22.3 Å². The van der Waals surface area contributed by atoms with Crippen LogP contribution in [0.1, 0.15) is 19.4 Å². The number of carboxylic acids is 1. The van der Waals surface area contributed by atoms with E-state index in [4.69, 9.17) is 0 Å². The average molecular weight is 272 g/mol. The van der Waals surface area contributed by atoms with Crippen LogP contribution >= 0.6 is 0 Å². The van der Waals surface area contributed by atoms with Crippen LogP contribution in [-0.4, -0.2) is 22.6 Å². The molecule has 0 saturated heterocycles. The number of benzene rings is 1. The van der Waals surface area contributed by atoms with Crippen molar-refractivity contribution in [1.29, 1.82) is 0 Å². The Morgan fingerprint density at radius 1 is 1.35 bits per heavy atom. The minimum Gasteiger partial charge on any atom is -0.481 e. The number of aromatic nitrogens is 1. The van der Waals surface area contributed by atoms with Crippen LogP contribution in [0.4, 0.5) is 5.82 Å². The van der Waals surface area contributed by atoms with Crippen molar-refractivity contribution in [1.82, 2.24) is 4.98 Å². The van der Waals surface area contributed by atoms with E-state index in [0.29, 0.717) is 6.54 Å². The summed E-state index contributed by atoms with van der Waals surface area (Å²) in [4.78, 5) is 15.8. The van der Waals surface area contributed by atoms with E-state index in [1.807, 2.05) is 45.0 Å². The van der Waals surface area contributed by atoms with Crippen molar-refractivity contribution in [3.05, 3.63) is 35.9 Å². The molecule has 106 valence electrons. The summed E-state index contributed by atoms with van der Waals surface area (Å²) >= 11 is 0. The van der Waals surface area contributed by atoms with Crippen molar-refractivity contribution < 1.29 is 9.90 Å². The van der Waals surface area contributed by atoms with Crippen molar-refractivity contribution in [2.45, 2.75) is 20.8 Å². The number of carboxylic acid groups (broad SMARTS) is 1. The Balaban J connectivity index is 2.21. The first-order valence-corrected chi connectivity index (χ1v) is 6.82. The summed E-state index contributed by atoms with van der Waals surface area (Å²) in [6, 6.07) is 9.97. The van der Waals surface area contributed by atoms with E-state index in [1.54, 1.807) is 0 Å². The second-order valence-corrected chi connectivity index (χ2v) is 5.42. The molecule has 0 aliphatic heterocycles. The van der Waals surface area contributed by atoms with E-state index in [2.05, 4.69) is 16.4 Å². The number of para-hydroxylation sites is 1. The number of aryl methyl sites for hydroxylation is 1. The minimum absolute atomic E-state index is 0.0840. The Kier molecular flexibility index (Phi) is 4.23.